The molecule has 0 spiro atoms. The summed E-state index contributed by atoms with van der Waals surface area (Å²) >= 11 is 9.00. The molecule has 0 atom stereocenters. The van der Waals surface area contributed by atoms with E-state index in [0.717, 1.165) is 16.7 Å². The molecule has 0 radical (unpaired) electrons. The smallest absolute Gasteiger partial charge is 0.230 e. The molecule has 0 aliphatic heterocycles. The molecule has 106 valence electrons. The normalized spacial score (nSPS) is 10.9. The molecule has 0 N–H and O–H groups in total. The molecule has 21 heavy (non-hydrogen) atoms. The molecule has 0 aliphatic carbocycles. The molecule has 3 rings (SSSR count). The summed E-state index contributed by atoms with van der Waals surface area (Å²) in [4.78, 5) is 0. The lowest BCUT2D eigenvalue weighted by atomic mass is 10.2. The molecule has 0 amide bonds. The molecule has 2 aromatic carbocycles. The van der Waals surface area contributed by atoms with Crippen LogP contribution < -0.4 is 0 Å². The third-order valence-corrected chi connectivity index (χ3v) is 3.56. The Kier molecular flexibility index (Phi) is 3.73. The van der Waals surface area contributed by atoms with Gasteiger partial charge in [-0.3, -0.25) is 4.57 Å². The molecule has 1 heterocycles. The van der Waals surface area contributed by atoms with Gasteiger partial charge in [0, 0.05) is 10.0 Å². The molecule has 3 aromatic rings. The maximum Gasteiger partial charge on any atom is 0.230 e. The van der Waals surface area contributed by atoms with Crippen LogP contribution in [0.25, 0.3) is 17.1 Å². The average Bonchev–Trinajstić information content (AvgIpc) is 2.81. The predicted octanol–water partition coefficient (Wildman–Crippen LogP) is 4.63. The summed E-state index contributed by atoms with van der Waals surface area (Å²) in [5.41, 5.74) is 0.339. The number of benzene rings is 2. The van der Waals surface area contributed by atoms with E-state index in [1.54, 1.807) is 24.3 Å². The van der Waals surface area contributed by atoms with Crippen LogP contribution in [0.2, 0.25) is 5.28 Å². The highest BCUT2D eigenvalue weighted by Gasteiger charge is 2.21. The second kappa shape index (κ2) is 5.54. The van der Waals surface area contributed by atoms with Gasteiger partial charge in [-0.25, -0.2) is 8.78 Å². The lowest BCUT2D eigenvalue weighted by Gasteiger charge is -2.10. The van der Waals surface area contributed by atoms with E-state index in [1.165, 1.54) is 0 Å². The largest absolute Gasteiger partial charge is 0.260 e. The lowest BCUT2D eigenvalue weighted by molar-refractivity contribution is 0.568. The van der Waals surface area contributed by atoms with Gasteiger partial charge in [-0.05, 0) is 23.7 Å². The molecule has 0 bridgehead atoms. The summed E-state index contributed by atoms with van der Waals surface area (Å²) in [6.07, 6.45) is 0. The van der Waals surface area contributed by atoms with Gasteiger partial charge < -0.3 is 0 Å². The fourth-order valence-electron chi connectivity index (χ4n) is 1.99. The number of hydrogen-bond acceptors (Lipinski definition) is 2. The van der Waals surface area contributed by atoms with Crippen LogP contribution in [0.3, 0.4) is 0 Å². The van der Waals surface area contributed by atoms with Crippen molar-refractivity contribution in [3.8, 4) is 17.1 Å². The number of aromatic nitrogens is 3. The maximum absolute atomic E-state index is 14.1. The third-order valence-electron chi connectivity index (χ3n) is 2.86. The highest BCUT2D eigenvalue weighted by atomic mass is 79.9. The summed E-state index contributed by atoms with van der Waals surface area (Å²) in [6, 6.07) is 11.2. The van der Waals surface area contributed by atoms with Gasteiger partial charge in [0.15, 0.2) is 17.5 Å². The molecule has 0 unspecified atom stereocenters. The minimum absolute atomic E-state index is 0.117. The molecule has 1 aromatic heterocycles. The summed E-state index contributed by atoms with van der Waals surface area (Å²) in [5.74, 6) is -1.26. The summed E-state index contributed by atoms with van der Waals surface area (Å²) < 4.78 is 29.7. The predicted molar refractivity (Wildman–Crippen MR) is 79.4 cm³/mol. The van der Waals surface area contributed by atoms with Crippen molar-refractivity contribution in [1.29, 1.82) is 0 Å². The first kappa shape index (κ1) is 14.2. The second-order valence-corrected chi connectivity index (χ2v) is 5.47. The van der Waals surface area contributed by atoms with Crippen molar-refractivity contribution in [3.05, 3.63) is 63.9 Å². The average molecular weight is 371 g/mol. The Bertz CT molecular complexity index is 782. The summed E-state index contributed by atoms with van der Waals surface area (Å²) in [5, 5.41) is 7.49. The van der Waals surface area contributed by atoms with E-state index in [1.807, 2.05) is 6.07 Å². The Morgan fingerprint density at radius 2 is 1.62 bits per heavy atom. The zero-order chi connectivity index (χ0) is 15.0. The van der Waals surface area contributed by atoms with Crippen LogP contribution in [0.5, 0.6) is 0 Å². The summed E-state index contributed by atoms with van der Waals surface area (Å²) in [6.45, 7) is 0. The molecule has 0 saturated heterocycles. The number of nitrogens with zero attached hydrogens (tertiary/aromatic N) is 3. The van der Waals surface area contributed by atoms with Crippen molar-refractivity contribution in [2.45, 2.75) is 0 Å². The van der Waals surface area contributed by atoms with Crippen molar-refractivity contribution in [2.75, 3.05) is 0 Å². The van der Waals surface area contributed by atoms with Gasteiger partial charge in [0.05, 0.1) is 0 Å². The zero-order valence-electron chi connectivity index (χ0n) is 10.4. The minimum atomic E-state index is -0.763. The molecule has 0 saturated carbocycles. The van der Waals surface area contributed by atoms with Crippen LogP contribution in [-0.4, -0.2) is 14.8 Å². The first-order valence-electron chi connectivity index (χ1n) is 5.89. The number of hydrogen-bond donors (Lipinski definition) is 0. The van der Waals surface area contributed by atoms with Gasteiger partial charge in [0.2, 0.25) is 5.28 Å². The fraction of sp³-hybridized carbons (Fsp3) is 0. The molecule has 0 aliphatic rings. The van der Waals surface area contributed by atoms with Gasteiger partial charge in [0.1, 0.15) is 5.69 Å². The zero-order valence-corrected chi connectivity index (χ0v) is 12.7. The van der Waals surface area contributed by atoms with Crippen LogP contribution >= 0.6 is 27.5 Å². The third kappa shape index (κ3) is 2.56. The Balaban J connectivity index is 2.28. The van der Waals surface area contributed by atoms with Crippen molar-refractivity contribution in [1.82, 2.24) is 14.8 Å². The van der Waals surface area contributed by atoms with Gasteiger partial charge in [0.25, 0.3) is 0 Å². The Hall–Kier alpha value is -1.79. The minimum Gasteiger partial charge on any atom is -0.260 e. The quantitative estimate of drug-likeness (QED) is 0.658. The van der Waals surface area contributed by atoms with Crippen molar-refractivity contribution < 1.29 is 8.78 Å². The molecule has 7 heteroatoms. The van der Waals surface area contributed by atoms with E-state index < -0.39 is 11.6 Å². The van der Waals surface area contributed by atoms with Crippen molar-refractivity contribution in [2.24, 2.45) is 0 Å². The first-order chi connectivity index (χ1) is 10.1. The van der Waals surface area contributed by atoms with Gasteiger partial charge >= 0.3 is 0 Å². The standard InChI is InChI=1S/C14H7BrClF2N3/c15-9-6-10(17)12(11(18)7-9)21-13(19-20-14(21)16)8-4-2-1-3-5-8/h1-7H. The van der Waals surface area contributed by atoms with E-state index in [9.17, 15) is 8.78 Å². The van der Waals surface area contributed by atoms with Gasteiger partial charge in [-0.15, -0.1) is 10.2 Å². The maximum atomic E-state index is 14.1. The van der Waals surface area contributed by atoms with Crippen molar-refractivity contribution in [3.63, 3.8) is 0 Å². The van der Waals surface area contributed by atoms with Crippen molar-refractivity contribution >= 4 is 27.5 Å². The molecule has 3 nitrogen and oxygen atoms in total. The van der Waals surface area contributed by atoms with E-state index in [4.69, 9.17) is 11.6 Å². The molecule has 0 fully saturated rings. The fourth-order valence-corrected chi connectivity index (χ4v) is 2.59. The Morgan fingerprint density at radius 3 is 2.24 bits per heavy atom. The Labute approximate surface area is 132 Å². The Morgan fingerprint density at radius 1 is 1.00 bits per heavy atom. The van der Waals surface area contributed by atoms with Gasteiger partial charge in [-0.2, -0.15) is 0 Å². The van der Waals surface area contributed by atoms with Gasteiger partial charge in [-0.1, -0.05) is 46.3 Å². The highest BCUT2D eigenvalue weighted by Crippen LogP contribution is 2.30. The van der Waals surface area contributed by atoms with Crippen LogP contribution in [0.15, 0.2) is 46.9 Å². The second-order valence-electron chi connectivity index (χ2n) is 4.21. The lowest BCUT2D eigenvalue weighted by Crippen LogP contribution is -2.04. The van der Waals surface area contributed by atoms with Crippen LogP contribution in [0.1, 0.15) is 0 Å². The highest BCUT2D eigenvalue weighted by molar-refractivity contribution is 9.10. The molecular formula is C14H7BrClF2N3. The molecular weight excluding hydrogens is 364 g/mol. The van der Waals surface area contributed by atoms with Crippen LogP contribution in [0.4, 0.5) is 8.78 Å². The first-order valence-corrected chi connectivity index (χ1v) is 7.06. The van der Waals surface area contributed by atoms with E-state index in [-0.39, 0.29) is 16.8 Å². The SMILES string of the molecule is Fc1cc(Br)cc(F)c1-n1c(Cl)nnc1-c1ccccc1. The van der Waals surface area contributed by atoms with E-state index in [0.29, 0.717) is 10.0 Å². The monoisotopic (exact) mass is 369 g/mol. The van der Waals surface area contributed by atoms with E-state index >= 15 is 0 Å². The van der Waals surface area contributed by atoms with E-state index in [2.05, 4.69) is 26.1 Å². The van der Waals surface area contributed by atoms with Crippen LogP contribution in [-0.2, 0) is 0 Å². The van der Waals surface area contributed by atoms with Crippen LogP contribution in [0, 0.1) is 11.6 Å². The topological polar surface area (TPSA) is 30.7 Å². The number of halogens is 4. The summed E-state index contributed by atoms with van der Waals surface area (Å²) in [7, 11) is 0. The number of rotatable bonds is 2.